The Balaban J connectivity index is 2.49. The molecule has 0 saturated heterocycles. The van der Waals surface area contributed by atoms with Crippen molar-refractivity contribution in [3.05, 3.63) is 0 Å². The van der Waals surface area contributed by atoms with Gasteiger partial charge in [0.05, 0.1) is 11.8 Å². The van der Waals surface area contributed by atoms with E-state index in [9.17, 15) is 5.11 Å². The molecule has 0 radical (unpaired) electrons. The average molecular weight is 144 g/mol. The van der Waals surface area contributed by atoms with E-state index < -0.39 is 5.66 Å². The fourth-order valence-corrected chi connectivity index (χ4v) is 1.54. The highest BCUT2D eigenvalue weighted by atomic mass is 16.3. The molecule has 60 valence electrons. The molecule has 10 heavy (non-hydrogen) atoms. The van der Waals surface area contributed by atoms with Crippen molar-refractivity contribution in [2.24, 2.45) is 17.4 Å². The Morgan fingerprint density at radius 2 is 2.10 bits per heavy atom. The second-order valence-corrected chi connectivity index (χ2v) is 3.52. The Bertz CT molecular complexity index is 125. The Morgan fingerprint density at radius 1 is 1.50 bits per heavy atom. The van der Waals surface area contributed by atoms with Gasteiger partial charge in [-0.05, 0) is 25.2 Å². The van der Waals surface area contributed by atoms with Crippen LogP contribution in [0.4, 0.5) is 0 Å². The highest BCUT2D eigenvalue weighted by Crippen LogP contribution is 2.26. The summed E-state index contributed by atoms with van der Waals surface area (Å²) in [4.78, 5) is 0. The zero-order valence-corrected chi connectivity index (χ0v) is 6.38. The largest absolute Gasteiger partial charge is 0.393 e. The summed E-state index contributed by atoms with van der Waals surface area (Å²) in [5.41, 5.74) is 10.9. The normalized spacial score (nSPS) is 39.6. The molecule has 2 atom stereocenters. The van der Waals surface area contributed by atoms with Crippen molar-refractivity contribution < 1.29 is 5.11 Å². The average Bonchev–Trinajstić information content (AvgIpc) is 1.79. The molecule has 0 heterocycles. The number of hydrogen-bond donors (Lipinski definition) is 3. The van der Waals surface area contributed by atoms with E-state index in [1.807, 2.05) is 6.92 Å². The van der Waals surface area contributed by atoms with Crippen LogP contribution in [0.5, 0.6) is 0 Å². The smallest absolute Gasteiger partial charge is 0.0641 e. The lowest BCUT2D eigenvalue weighted by Crippen LogP contribution is -2.54. The molecule has 3 nitrogen and oxygen atoms in total. The van der Waals surface area contributed by atoms with Gasteiger partial charge < -0.3 is 16.6 Å². The molecular weight excluding hydrogens is 128 g/mol. The van der Waals surface area contributed by atoms with Gasteiger partial charge in [0.15, 0.2) is 0 Å². The van der Waals surface area contributed by atoms with Crippen molar-refractivity contribution in [2.45, 2.75) is 38.0 Å². The summed E-state index contributed by atoms with van der Waals surface area (Å²) in [7, 11) is 0. The minimum atomic E-state index is -0.529. The molecule has 5 N–H and O–H groups in total. The van der Waals surface area contributed by atoms with Crippen LogP contribution in [0.3, 0.4) is 0 Å². The van der Waals surface area contributed by atoms with E-state index in [-0.39, 0.29) is 12.0 Å². The van der Waals surface area contributed by atoms with Crippen molar-refractivity contribution in [3.63, 3.8) is 0 Å². The van der Waals surface area contributed by atoms with Crippen LogP contribution in [-0.4, -0.2) is 16.9 Å². The van der Waals surface area contributed by atoms with Gasteiger partial charge in [0.1, 0.15) is 0 Å². The maximum Gasteiger partial charge on any atom is 0.0641 e. The van der Waals surface area contributed by atoms with Crippen molar-refractivity contribution in [3.8, 4) is 0 Å². The summed E-state index contributed by atoms with van der Waals surface area (Å²) in [5, 5.41) is 9.30. The lowest BCUT2D eigenvalue weighted by Gasteiger charge is -2.36. The molecule has 0 aromatic carbocycles. The second-order valence-electron chi connectivity index (χ2n) is 3.52. The van der Waals surface area contributed by atoms with E-state index in [0.717, 1.165) is 19.3 Å². The number of aliphatic hydroxyl groups excluding tert-OH is 1. The quantitative estimate of drug-likeness (QED) is 0.412. The highest BCUT2D eigenvalue weighted by molar-refractivity contribution is 4.87. The van der Waals surface area contributed by atoms with Gasteiger partial charge in [-0.2, -0.15) is 0 Å². The van der Waals surface area contributed by atoms with Gasteiger partial charge >= 0.3 is 0 Å². The maximum atomic E-state index is 9.30. The van der Waals surface area contributed by atoms with Crippen LogP contribution >= 0.6 is 0 Å². The zero-order valence-electron chi connectivity index (χ0n) is 6.38. The van der Waals surface area contributed by atoms with Gasteiger partial charge in [-0.1, -0.05) is 6.92 Å². The van der Waals surface area contributed by atoms with E-state index >= 15 is 0 Å². The summed E-state index contributed by atoms with van der Waals surface area (Å²) in [6.45, 7) is 1.98. The third-order valence-electron chi connectivity index (χ3n) is 2.26. The molecule has 1 rings (SSSR count). The lowest BCUT2D eigenvalue weighted by atomic mass is 9.81. The van der Waals surface area contributed by atoms with Gasteiger partial charge in [-0.25, -0.2) is 0 Å². The van der Waals surface area contributed by atoms with E-state index in [1.165, 1.54) is 0 Å². The Labute approximate surface area is 61.4 Å². The molecule has 2 unspecified atom stereocenters. The van der Waals surface area contributed by atoms with Crippen molar-refractivity contribution >= 4 is 0 Å². The highest BCUT2D eigenvalue weighted by Gasteiger charge is 2.31. The van der Waals surface area contributed by atoms with Crippen LogP contribution in [0.25, 0.3) is 0 Å². The van der Waals surface area contributed by atoms with Gasteiger partial charge in [0, 0.05) is 0 Å². The van der Waals surface area contributed by atoms with E-state index in [4.69, 9.17) is 11.5 Å². The third-order valence-corrected chi connectivity index (χ3v) is 2.26. The Kier molecular flexibility index (Phi) is 1.99. The summed E-state index contributed by atoms with van der Waals surface area (Å²) in [6, 6.07) is 0. The first-order valence-electron chi connectivity index (χ1n) is 3.77. The summed E-state index contributed by atoms with van der Waals surface area (Å²) < 4.78 is 0. The molecular formula is C7H16N2O. The van der Waals surface area contributed by atoms with Gasteiger partial charge in [-0.3, -0.25) is 0 Å². The standard InChI is InChI=1S/C7H16N2O/c1-5-4-7(8,9)3-2-6(5)10/h5-6,10H,2-4,8-9H2,1H3. The van der Waals surface area contributed by atoms with Gasteiger partial charge in [0.25, 0.3) is 0 Å². The SMILES string of the molecule is CC1CC(N)(N)CCC1O. The van der Waals surface area contributed by atoms with Crippen molar-refractivity contribution in [1.29, 1.82) is 0 Å². The predicted octanol–water partition coefficient (Wildman–Crippen LogP) is -0.219. The molecule has 1 saturated carbocycles. The molecule has 0 aromatic rings. The summed E-state index contributed by atoms with van der Waals surface area (Å²) in [6.07, 6.45) is 2.01. The first kappa shape index (κ1) is 7.98. The number of nitrogens with two attached hydrogens (primary N) is 2. The molecule has 0 spiro atoms. The molecule has 3 heteroatoms. The van der Waals surface area contributed by atoms with Crippen LogP contribution in [-0.2, 0) is 0 Å². The fraction of sp³-hybridized carbons (Fsp3) is 1.00. The molecule has 1 aliphatic carbocycles. The summed E-state index contributed by atoms with van der Waals surface area (Å²) >= 11 is 0. The van der Waals surface area contributed by atoms with E-state index in [0.29, 0.717) is 0 Å². The van der Waals surface area contributed by atoms with Crippen LogP contribution in [0, 0.1) is 5.92 Å². The van der Waals surface area contributed by atoms with Gasteiger partial charge in [-0.15, -0.1) is 0 Å². The second kappa shape index (κ2) is 2.49. The van der Waals surface area contributed by atoms with Gasteiger partial charge in [0.2, 0.25) is 0 Å². The van der Waals surface area contributed by atoms with Crippen molar-refractivity contribution in [2.75, 3.05) is 0 Å². The number of rotatable bonds is 0. The molecule has 0 aromatic heterocycles. The number of hydrogen-bond acceptors (Lipinski definition) is 3. The molecule has 0 aliphatic heterocycles. The topological polar surface area (TPSA) is 72.3 Å². The van der Waals surface area contributed by atoms with Crippen LogP contribution in [0.2, 0.25) is 0 Å². The monoisotopic (exact) mass is 144 g/mol. The van der Waals surface area contributed by atoms with Crippen molar-refractivity contribution in [1.82, 2.24) is 0 Å². The Morgan fingerprint density at radius 3 is 2.50 bits per heavy atom. The summed E-state index contributed by atoms with van der Waals surface area (Å²) in [5.74, 6) is 0.253. The predicted molar refractivity (Wildman–Crippen MR) is 40.1 cm³/mol. The minimum absolute atomic E-state index is 0.194. The molecule has 1 fully saturated rings. The first-order valence-corrected chi connectivity index (χ1v) is 3.77. The minimum Gasteiger partial charge on any atom is -0.393 e. The lowest BCUT2D eigenvalue weighted by molar-refractivity contribution is 0.0487. The van der Waals surface area contributed by atoms with Crippen LogP contribution in [0.1, 0.15) is 26.2 Å². The zero-order chi connectivity index (χ0) is 7.78. The number of aliphatic hydroxyl groups is 1. The van der Waals surface area contributed by atoms with E-state index in [2.05, 4.69) is 0 Å². The third kappa shape index (κ3) is 1.68. The van der Waals surface area contributed by atoms with E-state index in [1.54, 1.807) is 0 Å². The fourth-order valence-electron chi connectivity index (χ4n) is 1.54. The maximum absolute atomic E-state index is 9.30. The Hall–Kier alpha value is -0.120. The molecule has 0 amide bonds. The van der Waals surface area contributed by atoms with Crippen LogP contribution < -0.4 is 11.5 Å². The molecule has 0 bridgehead atoms. The van der Waals surface area contributed by atoms with Crippen LogP contribution in [0.15, 0.2) is 0 Å². The molecule has 1 aliphatic rings. The first-order chi connectivity index (χ1) is 4.51.